The van der Waals surface area contributed by atoms with Crippen molar-refractivity contribution in [2.24, 2.45) is 5.73 Å². The lowest BCUT2D eigenvalue weighted by Crippen LogP contribution is -1.98. The van der Waals surface area contributed by atoms with Crippen molar-refractivity contribution < 1.29 is 0 Å². The predicted octanol–water partition coefficient (Wildman–Crippen LogP) is 4.37. The van der Waals surface area contributed by atoms with E-state index in [1.165, 1.54) is 20.9 Å². The summed E-state index contributed by atoms with van der Waals surface area (Å²) >= 11 is 5.26. The number of aryl methyl sites for hydroxylation is 1. The van der Waals surface area contributed by atoms with E-state index in [1.807, 2.05) is 6.07 Å². The van der Waals surface area contributed by atoms with E-state index >= 15 is 0 Å². The van der Waals surface area contributed by atoms with Crippen LogP contribution in [-0.2, 0) is 6.54 Å². The van der Waals surface area contributed by atoms with Crippen molar-refractivity contribution in [3.05, 3.63) is 58.1 Å². The Hall–Kier alpha value is -0.770. The molecule has 0 aromatic heterocycles. The number of hydrogen-bond acceptors (Lipinski definition) is 2. The van der Waals surface area contributed by atoms with Gasteiger partial charge in [-0.15, -0.1) is 0 Å². The van der Waals surface area contributed by atoms with E-state index in [0.29, 0.717) is 6.54 Å². The summed E-state index contributed by atoms with van der Waals surface area (Å²) in [5, 5.41) is 0. The van der Waals surface area contributed by atoms with Gasteiger partial charge in [0.25, 0.3) is 0 Å². The molecule has 2 N–H and O–H groups in total. The van der Waals surface area contributed by atoms with Gasteiger partial charge in [-0.1, -0.05) is 51.5 Å². The topological polar surface area (TPSA) is 26.0 Å². The van der Waals surface area contributed by atoms with Crippen LogP contribution in [0, 0.1) is 6.92 Å². The fourth-order valence-corrected chi connectivity index (χ4v) is 3.22. The zero-order valence-electron chi connectivity index (χ0n) is 9.61. The summed E-state index contributed by atoms with van der Waals surface area (Å²) in [5.41, 5.74) is 8.21. The average molecular weight is 308 g/mol. The van der Waals surface area contributed by atoms with Crippen LogP contribution in [0.15, 0.2) is 56.7 Å². The van der Waals surface area contributed by atoms with Gasteiger partial charge in [-0.3, -0.25) is 0 Å². The van der Waals surface area contributed by atoms with Crippen LogP contribution in [0.4, 0.5) is 0 Å². The SMILES string of the molecule is Cc1cccc(Sc2cc(Br)ccc2CN)c1. The van der Waals surface area contributed by atoms with Crippen molar-refractivity contribution in [3.63, 3.8) is 0 Å². The van der Waals surface area contributed by atoms with Crippen LogP contribution in [-0.4, -0.2) is 0 Å². The van der Waals surface area contributed by atoms with E-state index in [9.17, 15) is 0 Å². The van der Waals surface area contributed by atoms with Crippen molar-refractivity contribution in [1.82, 2.24) is 0 Å². The second kappa shape index (κ2) is 5.71. The standard InChI is InChI=1S/C14H14BrNS/c1-10-3-2-4-13(7-10)17-14-8-12(15)6-5-11(14)9-16/h2-8H,9,16H2,1H3. The molecule has 17 heavy (non-hydrogen) atoms. The first-order chi connectivity index (χ1) is 8.19. The van der Waals surface area contributed by atoms with E-state index in [2.05, 4.69) is 59.3 Å². The van der Waals surface area contributed by atoms with Crippen molar-refractivity contribution in [3.8, 4) is 0 Å². The fraction of sp³-hybridized carbons (Fsp3) is 0.143. The minimum absolute atomic E-state index is 0.571. The number of halogens is 1. The summed E-state index contributed by atoms with van der Waals surface area (Å²) < 4.78 is 1.09. The lowest BCUT2D eigenvalue weighted by Gasteiger charge is -2.08. The summed E-state index contributed by atoms with van der Waals surface area (Å²) in [6, 6.07) is 14.7. The first-order valence-electron chi connectivity index (χ1n) is 5.42. The molecule has 1 nitrogen and oxygen atoms in total. The first-order valence-corrected chi connectivity index (χ1v) is 7.03. The summed E-state index contributed by atoms with van der Waals surface area (Å²) in [4.78, 5) is 2.46. The van der Waals surface area contributed by atoms with Crippen molar-refractivity contribution in [2.45, 2.75) is 23.3 Å². The highest BCUT2D eigenvalue weighted by atomic mass is 79.9. The van der Waals surface area contributed by atoms with E-state index < -0.39 is 0 Å². The molecule has 0 saturated carbocycles. The lowest BCUT2D eigenvalue weighted by molar-refractivity contribution is 1.02. The maximum Gasteiger partial charge on any atom is 0.0189 e. The molecule has 0 radical (unpaired) electrons. The summed E-state index contributed by atoms with van der Waals surface area (Å²) in [6.07, 6.45) is 0. The quantitative estimate of drug-likeness (QED) is 0.911. The molecule has 88 valence electrons. The third-order valence-corrected chi connectivity index (χ3v) is 4.05. The largest absolute Gasteiger partial charge is 0.326 e. The monoisotopic (exact) mass is 307 g/mol. The van der Waals surface area contributed by atoms with Crippen LogP contribution in [0.2, 0.25) is 0 Å². The van der Waals surface area contributed by atoms with Crippen molar-refractivity contribution in [2.75, 3.05) is 0 Å². The van der Waals surface area contributed by atoms with E-state index in [1.54, 1.807) is 11.8 Å². The molecule has 3 heteroatoms. The Morgan fingerprint density at radius 2 is 2.00 bits per heavy atom. The van der Waals surface area contributed by atoms with E-state index in [0.717, 1.165) is 4.47 Å². The fourth-order valence-electron chi connectivity index (χ4n) is 1.60. The molecule has 2 aromatic rings. The van der Waals surface area contributed by atoms with Gasteiger partial charge >= 0.3 is 0 Å². The van der Waals surface area contributed by atoms with Crippen LogP contribution in [0.5, 0.6) is 0 Å². The minimum Gasteiger partial charge on any atom is -0.326 e. The van der Waals surface area contributed by atoms with Gasteiger partial charge in [0.15, 0.2) is 0 Å². The third-order valence-electron chi connectivity index (χ3n) is 2.47. The van der Waals surface area contributed by atoms with Gasteiger partial charge in [0.2, 0.25) is 0 Å². The number of benzene rings is 2. The molecule has 0 spiro atoms. The van der Waals surface area contributed by atoms with Crippen molar-refractivity contribution >= 4 is 27.7 Å². The van der Waals surface area contributed by atoms with Gasteiger partial charge in [-0.2, -0.15) is 0 Å². The van der Waals surface area contributed by atoms with Crippen LogP contribution in [0.1, 0.15) is 11.1 Å². The van der Waals surface area contributed by atoms with Crippen LogP contribution < -0.4 is 5.73 Å². The molecule has 2 rings (SSSR count). The Morgan fingerprint density at radius 1 is 1.18 bits per heavy atom. The highest BCUT2D eigenvalue weighted by molar-refractivity contribution is 9.10. The molecule has 0 saturated heterocycles. The molecule has 0 fully saturated rings. The number of hydrogen-bond donors (Lipinski definition) is 1. The zero-order chi connectivity index (χ0) is 12.3. The minimum atomic E-state index is 0.571. The summed E-state index contributed by atoms with van der Waals surface area (Å²) in [5.74, 6) is 0. The highest BCUT2D eigenvalue weighted by Gasteiger charge is 2.04. The van der Waals surface area contributed by atoms with Crippen molar-refractivity contribution in [1.29, 1.82) is 0 Å². The van der Waals surface area contributed by atoms with Gasteiger partial charge in [-0.25, -0.2) is 0 Å². The molecule has 0 amide bonds. The van der Waals surface area contributed by atoms with Crippen LogP contribution in [0.3, 0.4) is 0 Å². The smallest absolute Gasteiger partial charge is 0.0189 e. The lowest BCUT2D eigenvalue weighted by atomic mass is 10.2. The molecule has 0 aliphatic rings. The number of nitrogens with two attached hydrogens (primary N) is 1. The predicted molar refractivity (Wildman–Crippen MR) is 77.3 cm³/mol. The zero-order valence-corrected chi connectivity index (χ0v) is 12.0. The van der Waals surface area contributed by atoms with Crippen LogP contribution >= 0.6 is 27.7 Å². The Bertz CT molecular complexity index is 525. The summed E-state index contributed by atoms with van der Waals surface area (Å²) in [7, 11) is 0. The second-order valence-electron chi connectivity index (χ2n) is 3.87. The van der Waals surface area contributed by atoms with E-state index in [4.69, 9.17) is 5.73 Å². The normalized spacial score (nSPS) is 10.5. The maximum absolute atomic E-state index is 5.76. The molecule has 0 aliphatic carbocycles. The first kappa shape index (κ1) is 12.7. The summed E-state index contributed by atoms with van der Waals surface area (Å²) in [6.45, 7) is 2.68. The van der Waals surface area contributed by atoms with Gasteiger partial charge in [-0.05, 0) is 36.8 Å². The third kappa shape index (κ3) is 3.35. The Labute approximate surface area is 115 Å². The molecular weight excluding hydrogens is 294 g/mol. The van der Waals surface area contributed by atoms with Gasteiger partial charge in [0, 0.05) is 20.8 Å². The number of rotatable bonds is 3. The molecule has 0 unspecified atom stereocenters. The van der Waals surface area contributed by atoms with Crippen LogP contribution in [0.25, 0.3) is 0 Å². The second-order valence-corrected chi connectivity index (χ2v) is 5.91. The van der Waals surface area contributed by atoms with Gasteiger partial charge in [0.05, 0.1) is 0 Å². The van der Waals surface area contributed by atoms with Gasteiger partial charge < -0.3 is 5.73 Å². The van der Waals surface area contributed by atoms with E-state index in [-0.39, 0.29) is 0 Å². The Kier molecular flexibility index (Phi) is 4.26. The molecule has 0 atom stereocenters. The molecule has 0 aliphatic heterocycles. The molecule has 0 heterocycles. The molecule has 0 bridgehead atoms. The average Bonchev–Trinajstić information content (AvgIpc) is 2.29. The molecular formula is C14H14BrNS. The maximum atomic E-state index is 5.76. The Morgan fingerprint density at radius 3 is 2.71 bits per heavy atom. The Balaban J connectivity index is 2.32. The highest BCUT2D eigenvalue weighted by Crippen LogP contribution is 2.32. The van der Waals surface area contributed by atoms with Gasteiger partial charge in [0.1, 0.15) is 0 Å². The molecule has 2 aromatic carbocycles.